The van der Waals surface area contributed by atoms with Gasteiger partial charge in [0.05, 0.1) is 0 Å². The van der Waals surface area contributed by atoms with E-state index in [2.05, 4.69) is 74.3 Å². The quantitative estimate of drug-likeness (QED) is 0.0355. The zero-order valence-corrected chi connectivity index (χ0v) is 37.6. The molecule has 0 N–H and O–H groups in total. The van der Waals surface area contributed by atoms with Gasteiger partial charge in [0.15, 0.2) is 0 Å². The summed E-state index contributed by atoms with van der Waals surface area (Å²) in [6.07, 6.45) is 53.9. The fourth-order valence-corrected chi connectivity index (χ4v) is 7.86. The molecule has 1 fully saturated rings. The number of esters is 2. The minimum atomic E-state index is -0.103. The van der Waals surface area contributed by atoms with Crippen LogP contribution in [-0.4, -0.2) is 49.7 Å². The molecule has 0 aromatic carbocycles. The molecule has 1 saturated carbocycles. The van der Waals surface area contributed by atoms with Crippen LogP contribution in [0.25, 0.3) is 0 Å². The summed E-state index contributed by atoms with van der Waals surface area (Å²) >= 11 is 0. The van der Waals surface area contributed by atoms with Gasteiger partial charge in [0.1, 0.15) is 12.2 Å². The lowest BCUT2D eigenvalue weighted by atomic mass is 9.93. The van der Waals surface area contributed by atoms with E-state index in [1.807, 2.05) is 14.1 Å². The molecule has 0 heterocycles. The average molecular weight is 782 g/mol. The third-order valence-corrected chi connectivity index (χ3v) is 11.6. The Morgan fingerprint density at radius 2 is 1.02 bits per heavy atom. The Hall–Kier alpha value is -2.14. The maximum atomic E-state index is 13.3. The van der Waals surface area contributed by atoms with Crippen LogP contribution in [-0.2, 0) is 19.1 Å². The number of allylic oxidation sites excluding steroid dienone is 8. The maximum absolute atomic E-state index is 13.3. The van der Waals surface area contributed by atoms with Crippen LogP contribution in [0.2, 0.25) is 0 Å². The first kappa shape index (κ1) is 51.9. The summed E-state index contributed by atoms with van der Waals surface area (Å²) in [7, 11) is 4.04. The third-order valence-electron chi connectivity index (χ3n) is 11.6. The number of carbonyl (C=O) groups excluding carboxylic acids is 2. The van der Waals surface area contributed by atoms with Gasteiger partial charge in [-0.1, -0.05) is 146 Å². The largest absolute Gasteiger partial charge is 0.462 e. The molecule has 56 heavy (non-hydrogen) atoms. The van der Waals surface area contributed by atoms with Crippen molar-refractivity contribution in [2.75, 3.05) is 20.6 Å². The van der Waals surface area contributed by atoms with Gasteiger partial charge in [0.2, 0.25) is 0 Å². The molecule has 0 saturated heterocycles. The smallest absolute Gasteiger partial charge is 0.306 e. The molecule has 324 valence electrons. The van der Waals surface area contributed by atoms with Gasteiger partial charge in [0, 0.05) is 12.8 Å². The molecule has 0 spiro atoms. The summed E-state index contributed by atoms with van der Waals surface area (Å²) in [5.41, 5.74) is 0. The van der Waals surface area contributed by atoms with Crippen molar-refractivity contribution < 1.29 is 19.1 Å². The van der Waals surface area contributed by atoms with E-state index in [0.29, 0.717) is 12.8 Å². The first-order valence-electron chi connectivity index (χ1n) is 24.0. The normalized spacial score (nSPS) is 17.6. The molecule has 0 aliphatic heterocycles. The van der Waals surface area contributed by atoms with Crippen molar-refractivity contribution in [3.8, 4) is 0 Å². The molecule has 1 aliphatic rings. The Morgan fingerprint density at radius 3 is 1.48 bits per heavy atom. The van der Waals surface area contributed by atoms with Crippen LogP contribution in [0, 0.1) is 11.8 Å². The van der Waals surface area contributed by atoms with Crippen molar-refractivity contribution in [2.24, 2.45) is 11.8 Å². The van der Waals surface area contributed by atoms with Gasteiger partial charge in [-0.25, -0.2) is 0 Å². The van der Waals surface area contributed by atoms with Crippen molar-refractivity contribution in [1.82, 2.24) is 4.90 Å². The minimum absolute atomic E-state index is 0.0289. The fraction of sp³-hybridized carbons (Fsp3) is 0.804. The van der Waals surface area contributed by atoms with Gasteiger partial charge < -0.3 is 14.4 Å². The molecule has 0 aromatic heterocycles. The number of unbranched alkanes of at least 4 members (excludes halogenated alkanes) is 18. The predicted octanol–water partition coefficient (Wildman–Crippen LogP) is 15.0. The van der Waals surface area contributed by atoms with E-state index in [1.54, 1.807) is 0 Å². The maximum Gasteiger partial charge on any atom is 0.306 e. The second-order valence-corrected chi connectivity index (χ2v) is 17.2. The lowest BCUT2D eigenvalue weighted by Crippen LogP contribution is -2.26. The zero-order chi connectivity index (χ0) is 40.7. The molecule has 3 unspecified atom stereocenters. The van der Waals surface area contributed by atoms with E-state index >= 15 is 0 Å². The van der Waals surface area contributed by atoms with E-state index < -0.39 is 0 Å². The second kappa shape index (κ2) is 38.4. The van der Waals surface area contributed by atoms with Crippen LogP contribution in [0.1, 0.15) is 220 Å². The highest BCUT2D eigenvalue weighted by Crippen LogP contribution is 2.37. The molecule has 0 aromatic rings. The van der Waals surface area contributed by atoms with E-state index in [9.17, 15) is 9.59 Å². The molecular formula is C51H91NO4. The number of carbonyl (C=O) groups is 2. The van der Waals surface area contributed by atoms with Crippen molar-refractivity contribution in [3.63, 3.8) is 0 Å². The number of rotatable bonds is 38. The number of hydrogen-bond acceptors (Lipinski definition) is 5. The fourth-order valence-electron chi connectivity index (χ4n) is 7.86. The van der Waals surface area contributed by atoms with E-state index in [1.165, 1.54) is 128 Å². The van der Waals surface area contributed by atoms with Gasteiger partial charge in [-0.3, -0.25) is 9.59 Å². The molecule has 5 heteroatoms. The number of hydrogen-bond donors (Lipinski definition) is 0. The SMILES string of the molecule is CCCCC/C=C\C/C=C\CCCCCCCCC(CCCCCCCC/C=C\C/C=C\CCCCC)OC(=O)CC1CCC(OC(=O)CCCN(C)C)C1C. The first-order chi connectivity index (χ1) is 27.4. The van der Waals surface area contributed by atoms with Crippen molar-refractivity contribution in [2.45, 2.75) is 232 Å². The standard InChI is InChI=1S/C51H91NO4/c1-6-8-10-12-14-16-18-20-22-24-26-28-30-32-34-36-39-48(40-37-35-33-31-29-27-25-23-21-19-17-15-13-11-9-7-2)55-51(54)45-47-42-43-49(46(47)3)56-50(53)41-38-44-52(4)5/h14-17,20-23,46-49H,6-13,18-19,24-45H2,1-5H3/b16-14-,17-15-,22-20-,23-21-. The third kappa shape index (κ3) is 31.9. The van der Waals surface area contributed by atoms with Crippen LogP contribution in [0.5, 0.6) is 0 Å². The Bertz CT molecular complexity index is 981. The van der Waals surface area contributed by atoms with E-state index in [0.717, 1.165) is 64.3 Å². The second-order valence-electron chi connectivity index (χ2n) is 17.2. The predicted molar refractivity (Wildman–Crippen MR) is 242 cm³/mol. The summed E-state index contributed by atoms with van der Waals surface area (Å²) < 4.78 is 12.1. The summed E-state index contributed by atoms with van der Waals surface area (Å²) in [5.74, 6) is 0.268. The van der Waals surface area contributed by atoms with Gasteiger partial charge in [-0.15, -0.1) is 0 Å². The molecule has 1 aliphatic carbocycles. The number of nitrogens with zero attached hydrogens (tertiary/aromatic N) is 1. The molecule has 1 rings (SSSR count). The van der Waals surface area contributed by atoms with Crippen LogP contribution in [0.3, 0.4) is 0 Å². The van der Waals surface area contributed by atoms with E-state index in [4.69, 9.17) is 9.47 Å². The summed E-state index contributed by atoms with van der Waals surface area (Å²) in [4.78, 5) is 27.8. The Kier molecular flexibility index (Phi) is 35.6. The van der Waals surface area contributed by atoms with E-state index in [-0.39, 0.29) is 36.0 Å². The minimum Gasteiger partial charge on any atom is -0.462 e. The van der Waals surface area contributed by atoms with Crippen molar-refractivity contribution in [1.29, 1.82) is 0 Å². The zero-order valence-electron chi connectivity index (χ0n) is 37.6. The van der Waals surface area contributed by atoms with Crippen molar-refractivity contribution >= 4 is 11.9 Å². The molecule has 0 radical (unpaired) electrons. The first-order valence-corrected chi connectivity index (χ1v) is 24.0. The average Bonchev–Trinajstić information content (AvgIpc) is 3.50. The van der Waals surface area contributed by atoms with Gasteiger partial charge in [-0.2, -0.15) is 0 Å². The summed E-state index contributed by atoms with van der Waals surface area (Å²) in [5, 5.41) is 0. The van der Waals surface area contributed by atoms with Gasteiger partial charge >= 0.3 is 11.9 Å². The molecule has 3 atom stereocenters. The number of ether oxygens (including phenoxy) is 2. The summed E-state index contributed by atoms with van der Waals surface area (Å²) in [6.45, 7) is 7.55. The molecule has 0 bridgehead atoms. The lowest BCUT2D eigenvalue weighted by molar-refractivity contribution is -0.152. The Balaban J connectivity index is 2.38. The van der Waals surface area contributed by atoms with Gasteiger partial charge in [-0.05, 0) is 142 Å². The molecule has 0 amide bonds. The molecule has 5 nitrogen and oxygen atoms in total. The van der Waals surface area contributed by atoms with Crippen LogP contribution in [0.4, 0.5) is 0 Å². The Labute approximate surface area is 348 Å². The highest BCUT2D eigenvalue weighted by Gasteiger charge is 2.37. The highest BCUT2D eigenvalue weighted by atomic mass is 16.5. The monoisotopic (exact) mass is 782 g/mol. The van der Waals surface area contributed by atoms with Crippen LogP contribution in [0.15, 0.2) is 48.6 Å². The Morgan fingerprint density at radius 1 is 0.571 bits per heavy atom. The molecular weight excluding hydrogens is 691 g/mol. The van der Waals surface area contributed by atoms with Crippen LogP contribution < -0.4 is 0 Å². The summed E-state index contributed by atoms with van der Waals surface area (Å²) in [6, 6.07) is 0. The topological polar surface area (TPSA) is 55.8 Å². The van der Waals surface area contributed by atoms with Crippen LogP contribution >= 0.6 is 0 Å². The highest BCUT2D eigenvalue weighted by molar-refractivity contribution is 5.70. The van der Waals surface area contributed by atoms with Gasteiger partial charge in [0.25, 0.3) is 0 Å². The van der Waals surface area contributed by atoms with Crippen molar-refractivity contribution in [3.05, 3.63) is 48.6 Å². The lowest BCUT2D eigenvalue weighted by Gasteiger charge is -2.22.